The van der Waals surface area contributed by atoms with Gasteiger partial charge in [-0.25, -0.2) is 0 Å². The van der Waals surface area contributed by atoms with Crippen LogP contribution in [0.15, 0.2) is 22.8 Å². The molecule has 2 aromatic rings. The van der Waals surface area contributed by atoms with Crippen LogP contribution in [0.5, 0.6) is 0 Å². The average molecular weight is 317 g/mol. The van der Waals surface area contributed by atoms with Crippen molar-refractivity contribution in [3.8, 4) is 0 Å². The van der Waals surface area contributed by atoms with E-state index in [9.17, 15) is 4.79 Å². The zero-order valence-electron chi connectivity index (χ0n) is 14.3. The molecule has 1 amide bonds. The molecule has 7 heteroatoms. The second-order valence-electron chi connectivity index (χ2n) is 6.22. The molecule has 0 bridgehead atoms. The summed E-state index contributed by atoms with van der Waals surface area (Å²) in [5, 5.41) is 12.0. The van der Waals surface area contributed by atoms with Gasteiger partial charge in [0.15, 0.2) is 0 Å². The number of aryl methyl sites for hydroxylation is 2. The van der Waals surface area contributed by atoms with E-state index in [1.54, 1.807) is 30.2 Å². The third kappa shape index (κ3) is 4.28. The second kappa shape index (κ2) is 6.76. The number of carbonyl (C=O) groups excluding carboxylic acids is 1. The Bertz CT molecular complexity index is 693. The molecular weight excluding hydrogens is 294 g/mol. The molecule has 0 saturated carbocycles. The van der Waals surface area contributed by atoms with Gasteiger partial charge in [0.05, 0.1) is 12.2 Å². The normalized spacial score (nSPS) is 12.0. The first-order chi connectivity index (χ1) is 10.8. The van der Waals surface area contributed by atoms with Crippen molar-refractivity contribution in [2.24, 2.45) is 0 Å². The fourth-order valence-corrected chi connectivity index (χ4v) is 2.18. The number of carbonyl (C=O) groups is 1. The van der Waals surface area contributed by atoms with Crippen LogP contribution in [0.2, 0.25) is 0 Å². The maximum Gasteiger partial charge on any atom is 0.247 e. The number of hydrogen-bond acceptors (Lipinski definition) is 5. The van der Waals surface area contributed by atoms with Crippen LogP contribution in [0.25, 0.3) is 6.08 Å². The van der Waals surface area contributed by atoms with E-state index < -0.39 is 0 Å². The van der Waals surface area contributed by atoms with E-state index in [1.807, 2.05) is 38.4 Å². The van der Waals surface area contributed by atoms with Crippen molar-refractivity contribution in [3.05, 3.63) is 35.8 Å². The van der Waals surface area contributed by atoms with Gasteiger partial charge in [0.25, 0.3) is 0 Å². The SMILES string of the molecule is CCn1nccc1C=CC(=O)N(Cc1nnc(C)o1)C(C)(C)C. The molecule has 0 saturated heterocycles. The molecule has 124 valence electrons. The van der Waals surface area contributed by atoms with Crippen molar-refractivity contribution in [1.29, 1.82) is 0 Å². The summed E-state index contributed by atoms with van der Waals surface area (Å²) < 4.78 is 7.22. The fraction of sp³-hybridized carbons (Fsp3) is 0.500. The van der Waals surface area contributed by atoms with Crippen LogP contribution >= 0.6 is 0 Å². The molecule has 0 atom stereocenters. The molecule has 0 unspecified atom stereocenters. The van der Waals surface area contributed by atoms with Crippen molar-refractivity contribution >= 4 is 12.0 Å². The maximum absolute atomic E-state index is 12.6. The predicted octanol–water partition coefficient (Wildman–Crippen LogP) is 2.43. The highest BCUT2D eigenvalue weighted by molar-refractivity contribution is 5.92. The molecule has 2 aromatic heterocycles. The van der Waals surface area contributed by atoms with E-state index in [0.29, 0.717) is 11.8 Å². The van der Waals surface area contributed by atoms with Crippen LogP contribution in [0.4, 0.5) is 0 Å². The lowest BCUT2D eigenvalue weighted by Crippen LogP contribution is -2.44. The first kappa shape index (κ1) is 16.9. The van der Waals surface area contributed by atoms with Crippen LogP contribution < -0.4 is 0 Å². The lowest BCUT2D eigenvalue weighted by molar-refractivity contribution is -0.131. The Morgan fingerprint density at radius 1 is 1.39 bits per heavy atom. The average Bonchev–Trinajstić information content (AvgIpc) is 3.09. The highest BCUT2D eigenvalue weighted by Gasteiger charge is 2.26. The van der Waals surface area contributed by atoms with Crippen molar-refractivity contribution in [2.45, 2.75) is 53.2 Å². The fourth-order valence-electron chi connectivity index (χ4n) is 2.18. The summed E-state index contributed by atoms with van der Waals surface area (Å²) in [5.74, 6) is 0.804. The zero-order valence-corrected chi connectivity index (χ0v) is 14.3. The molecule has 0 spiro atoms. The Morgan fingerprint density at radius 3 is 2.70 bits per heavy atom. The summed E-state index contributed by atoms with van der Waals surface area (Å²) in [6.07, 6.45) is 5.05. The summed E-state index contributed by atoms with van der Waals surface area (Å²) in [4.78, 5) is 14.3. The highest BCUT2D eigenvalue weighted by atomic mass is 16.4. The van der Waals surface area contributed by atoms with Gasteiger partial charge in [0.2, 0.25) is 17.7 Å². The van der Waals surface area contributed by atoms with E-state index in [-0.39, 0.29) is 18.0 Å². The number of rotatable bonds is 5. The summed E-state index contributed by atoms with van der Waals surface area (Å²) in [7, 11) is 0. The Labute approximate surface area is 136 Å². The van der Waals surface area contributed by atoms with Gasteiger partial charge in [-0.2, -0.15) is 5.10 Å². The third-order valence-corrected chi connectivity index (χ3v) is 3.38. The molecular formula is C16H23N5O2. The number of hydrogen-bond donors (Lipinski definition) is 0. The van der Waals surface area contributed by atoms with E-state index in [1.165, 1.54) is 0 Å². The largest absolute Gasteiger partial charge is 0.424 e. The van der Waals surface area contributed by atoms with Crippen LogP contribution in [0, 0.1) is 6.92 Å². The molecule has 0 radical (unpaired) electrons. The van der Waals surface area contributed by atoms with Gasteiger partial charge in [-0.3, -0.25) is 9.48 Å². The molecule has 7 nitrogen and oxygen atoms in total. The molecule has 0 N–H and O–H groups in total. The second-order valence-corrected chi connectivity index (χ2v) is 6.22. The predicted molar refractivity (Wildman–Crippen MR) is 86.3 cm³/mol. The van der Waals surface area contributed by atoms with E-state index in [4.69, 9.17) is 4.42 Å². The standard InChI is InChI=1S/C16H23N5O2/c1-6-21-13(9-10-17-21)7-8-15(22)20(16(3,4)5)11-14-19-18-12(2)23-14/h7-10H,6,11H2,1-5H3. The summed E-state index contributed by atoms with van der Waals surface area (Å²) in [5.41, 5.74) is 0.526. The molecule has 23 heavy (non-hydrogen) atoms. The Morgan fingerprint density at radius 2 is 2.13 bits per heavy atom. The monoisotopic (exact) mass is 317 g/mol. The highest BCUT2D eigenvalue weighted by Crippen LogP contribution is 2.18. The van der Waals surface area contributed by atoms with Gasteiger partial charge in [0, 0.05) is 31.3 Å². The third-order valence-electron chi connectivity index (χ3n) is 3.38. The lowest BCUT2D eigenvalue weighted by Gasteiger charge is -2.33. The van der Waals surface area contributed by atoms with Gasteiger partial charge in [-0.05, 0) is 39.8 Å². The summed E-state index contributed by atoms with van der Waals surface area (Å²) in [6.45, 7) is 10.7. The van der Waals surface area contributed by atoms with Gasteiger partial charge in [0.1, 0.15) is 0 Å². The first-order valence-electron chi connectivity index (χ1n) is 7.61. The Balaban J connectivity index is 2.17. The first-order valence-corrected chi connectivity index (χ1v) is 7.61. The smallest absolute Gasteiger partial charge is 0.247 e. The molecule has 0 aromatic carbocycles. The Hall–Kier alpha value is -2.44. The quantitative estimate of drug-likeness (QED) is 0.792. The van der Waals surface area contributed by atoms with E-state index >= 15 is 0 Å². The minimum atomic E-state index is -0.366. The van der Waals surface area contributed by atoms with Crippen molar-refractivity contribution in [3.63, 3.8) is 0 Å². The minimum absolute atomic E-state index is 0.114. The number of aromatic nitrogens is 4. The van der Waals surface area contributed by atoms with Gasteiger partial charge in [-0.15, -0.1) is 10.2 Å². The van der Waals surface area contributed by atoms with Crippen LogP contribution in [0.3, 0.4) is 0 Å². The molecule has 0 fully saturated rings. The van der Waals surface area contributed by atoms with Gasteiger partial charge < -0.3 is 9.32 Å². The lowest BCUT2D eigenvalue weighted by atomic mass is 10.1. The molecule has 0 aliphatic rings. The van der Waals surface area contributed by atoms with Crippen molar-refractivity contribution in [2.75, 3.05) is 0 Å². The van der Waals surface area contributed by atoms with E-state index in [0.717, 1.165) is 12.2 Å². The minimum Gasteiger partial charge on any atom is -0.424 e. The van der Waals surface area contributed by atoms with Crippen LogP contribution in [-0.4, -0.2) is 36.3 Å². The van der Waals surface area contributed by atoms with Gasteiger partial charge >= 0.3 is 0 Å². The molecule has 2 rings (SSSR count). The molecule has 0 aliphatic carbocycles. The molecule has 2 heterocycles. The number of amides is 1. The number of nitrogens with zero attached hydrogens (tertiary/aromatic N) is 5. The maximum atomic E-state index is 12.6. The van der Waals surface area contributed by atoms with Gasteiger partial charge in [-0.1, -0.05) is 0 Å². The summed E-state index contributed by atoms with van der Waals surface area (Å²) in [6, 6.07) is 1.87. The van der Waals surface area contributed by atoms with Crippen molar-refractivity contribution in [1.82, 2.24) is 24.9 Å². The van der Waals surface area contributed by atoms with Crippen LogP contribution in [-0.2, 0) is 17.9 Å². The molecule has 0 aliphatic heterocycles. The van der Waals surface area contributed by atoms with Crippen LogP contribution in [0.1, 0.15) is 45.2 Å². The summed E-state index contributed by atoms with van der Waals surface area (Å²) >= 11 is 0. The van der Waals surface area contributed by atoms with Crippen molar-refractivity contribution < 1.29 is 9.21 Å². The zero-order chi connectivity index (χ0) is 17.0. The van der Waals surface area contributed by atoms with E-state index in [2.05, 4.69) is 15.3 Å². The Kier molecular flexibility index (Phi) is 4.98. The topological polar surface area (TPSA) is 77.1 Å².